The number of likely N-dealkylation sites (N-methyl/N-ethyl adjacent to an activating group) is 1. The van der Waals surface area contributed by atoms with Crippen molar-refractivity contribution in [1.29, 1.82) is 0 Å². The Bertz CT molecular complexity index is 1230. The van der Waals surface area contributed by atoms with Gasteiger partial charge in [0.15, 0.2) is 0 Å². The van der Waals surface area contributed by atoms with Gasteiger partial charge in [-0.1, -0.05) is 35.9 Å². The molecule has 4 aromatic rings. The Kier molecular flexibility index (Phi) is 3.95. The first-order valence-corrected chi connectivity index (χ1v) is 9.71. The molecule has 0 spiro atoms. The zero-order valence-corrected chi connectivity index (χ0v) is 16.2. The second kappa shape index (κ2) is 6.50. The van der Waals surface area contributed by atoms with Crippen LogP contribution in [0.5, 0.6) is 0 Å². The van der Waals surface area contributed by atoms with E-state index in [1.807, 2.05) is 18.3 Å². The Labute approximate surface area is 164 Å². The van der Waals surface area contributed by atoms with Crippen LogP contribution in [0.2, 0.25) is 0 Å². The van der Waals surface area contributed by atoms with Crippen LogP contribution in [0.4, 0.5) is 0 Å². The number of hydrogen-bond donors (Lipinski definition) is 1. The summed E-state index contributed by atoms with van der Waals surface area (Å²) in [6.45, 7) is 4.10. The first-order valence-electron chi connectivity index (χ1n) is 9.71. The summed E-state index contributed by atoms with van der Waals surface area (Å²) in [6.07, 6.45) is 2.94. The van der Waals surface area contributed by atoms with Crippen LogP contribution in [0.25, 0.3) is 27.7 Å². The molecule has 1 N–H and O–H groups in total. The van der Waals surface area contributed by atoms with Gasteiger partial charge >= 0.3 is 0 Å². The summed E-state index contributed by atoms with van der Waals surface area (Å²) in [5.74, 6) is 0. The van der Waals surface area contributed by atoms with Gasteiger partial charge in [-0.05, 0) is 55.3 Å². The minimum absolute atomic E-state index is 0.0199. The fourth-order valence-electron chi connectivity index (χ4n) is 4.14. The van der Waals surface area contributed by atoms with Crippen LogP contribution in [0.15, 0.2) is 65.6 Å². The van der Waals surface area contributed by atoms with Crippen molar-refractivity contribution in [2.24, 2.45) is 0 Å². The van der Waals surface area contributed by atoms with Gasteiger partial charge < -0.3 is 9.88 Å². The van der Waals surface area contributed by atoms with Crippen LogP contribution in [0.1, 0.15) is 16.8 Å². The van der Waals surface area contributed by atoms with Gasteiger partial charge in [-0.25, -0.2) is 0 Å². The lowest BCUT2D eigenvalue weighted by Crippen LogP contribution is -2.26. The topological polar surface area (TPSA) is 41.0 Å². The van der Waals surface area contributed by atoms with Crippen molar-refractivity contribution in [3.05, 3.63) is 88.0 Å². The van der Waals surface area contributed by atoms with E-state index in [0.717, 1.165) is 41.8 Å². The number of rotatable bonds is 2. The quantitative estimate of drug-likeness (QED) is 0.573. The summed E-state index contributed by atoms with van der Waals surface area (Å²) >= 11 is 0. The first kappa shape index (κ1) is 17.0. The summed E-state index contributed by atoms with van der Waals surface area (Å²) in [5.41, 5.74) is 7.91. The largest absolute Gasteiger partial charge is 0.357 e. The van der Waals surface area contributed by atoms with Gasteiger partial charge in [-0.3, -0.25) is 9.36 Å². The highest BCUT2D eigenvalue weighted by atomic mass is 16.1. The number of H-pyrrole nitrogens is 1. The molecule has 0 bridgehead atoms. The number of benzene rings is 2. The van der Waals surface area contributed by atoms with E-state index < -0.39 is 0 Å². The average Bonchev–Trinajstić information content (AvgIpc) is 3.05. The Morgan fingerprint density at radius 1 is 0.964 bits per heavy atom. The highest BCUT2D eigenvalue weighted by molar-refractivity contribution is 5.86. The SMILES string of the molecule is Cc1ccc(-c2ccn(-c3ccc4c5c([nH]c4c3)CN(C)CC5)c(=O)c2)cc1. The smallest absolute Gasteiger partial charge is 0.255 e. The number of nitrogens with zero attached hydrogens (tertiary/aromatic N) is 2. The summed E-state index contributed by atoms with van der Waals surface area (Å²) in [7, 11) is 2.15. The molecule has 4 heteroatoms. The van der Waals surface area contributed by atoms with Crippen molar-refractivity contribution in [2.75, 3.05) is 13.6 Å². The number of aromatic nitrogens is 2. The molecule has 0 atom stereocenters. The first-order chi connectivity index (χ1) is 13.6. The average molecular weight is 369 g/mol. The molecule has 0 amide bonds. The fraction of sp³-hybridized carbons (Fsp3) is 0.208. The molecule has 0 fully saturated rings. The van der Waals surface area contributed by atoms with E-state index >= 15 is 0 Å². The molecule has 4 nitrogen and oxygen atoms in total. The Hall–Kier alpha value is -3.11. The predicted octanol–water partition coefficient (Wildman–Crippen LogP) is 4.28. The highest BCUT2D eigenvalue weighted by Gasteiger charge is 2.18. The molecule has 2 aromatic carbocycles. The summed E-state index contributed by atoms with van der Waals surface area (Å²) in [4.78, 5) is 18.7. The van der Waals surface area contributed by atoms with E-state index in [9.17, 15) is 4.79 Å². The molecule has 0 saturated heterocycles. The maximum absolute atomic E-state index is 12.8. The van der Waals surface area contributed by atoms with Gasteiger partial charge in [0, 0.05) is 41.9 Å². The van der Waals surface area contributed by atoms with Crippen LogP contribution in [-0.2, 0) is 13.0 Å². The minimum Gasteiger partial charge on any atom is -0.357 e. The van der Waals surface area contributed by atoms with Crippen molar-refractivity contribution >= 4 is 10.9 Å². The summed E-state index contributed by atoms with van der Waals surface area (Å²) in [5, 5.41) is 1.27. The van der Waals surface area contributed by atoms with E-state index in [4.69, 9.17) is 0 Å². The molecule has 0 unspecified atom stereocenters. The molecule has 1 aliphatic rings. The molecule has 1 aliphatic heterocycles. The van der Waals surface area contributed by atoms with Crippen molar-refractivity contribution in [2.45, 2.75) is 19.9 Å². The lowest BCUT2D eigenvalue weighted by Gasteiger charge is -2.22. The van der Waals surface area contributed by atoms with E-state index in [-0.39, 0.29) is 5.56 Å². The number of aromatic amines is 1. The van der Waals surface area contributed by atoms with Crippen LogP contribution < -0.4 is 5.56 Å². The van der Waals surface area contributed by atoms with Crippen LogP contribution in [-0.4, -0.2) is 28.0 Å². The van der Waals surface area contributed by atoms with E-state index in [0.29, 0.717) is 0 Å². The van der Waals surface area contributed by atoms with Crippen molar-refractivity contribution in [1.82, 2.24) is 14.5 Å². The minimum atomic E-state index is -0.0199. The molecule has 2 aromatic heterocycles. The Morgan fingerprint density at radius 2 is 1.79 bits per heavy atom. The van der Waals surface area contributed by atoms with Gasteiger partial charge in [0.2, 0.25) is 0 Å². The van der Waals surface area contributed by atoms with Crippen molar-refractivity contribution < 1.29 is 0 Å². The number of hydrogen-bond acceptors (Lipinski definition) is 2. The number of fused-ring (bicyclic) bond motifs is 3. The van der Waals surface area contributed by atoms with Gasteiger partial charge in [-0.15, -0.1) is 0 Å². The number of aryl methyl sites for hydroxylation is 1. The van der Waals surface area contributed by atoms with Crippen molar-refractivity contribution in [3.8, 4) is 16.8 Å². The lowest BCUT2D eigenvalue weighted by molar-refractivity contribution is 0.310. The van der Waals surface area contributed by atoms with Crippen molar-refractivity contribution in [3.63, 3.8) is 0 Å². The van der Waals surface area contributed by atoms with E-state index in [1.54, 1.807) is 10.6 Å². The van der Waals surface area contributed by atoms with Gasteiger partial charge in [-0.2, -0.15) is 0 Å². The van der Waals surface area contributed by atoms with Gasteiger partial charge in [0.05, 0.1) is 5.69 Å². The van der Waals surface area contributed by atoms with E-state index in [2.05, 4.69) is 60.3 Å². The molecular weight excluding hydrogens is 346 g/mol. The Balaban J connectivity index is 1.54. The molecule has 0 aliphatic carbocycles. The third-order valence-corrected chi connectivity index (χ3v) is 5.73. The third-order valence-electron chi connectivity index (χ3n) is 5.73. The number of pyridine rings is 1. The molecule has 3 heterocycles. The summed E-state index contributed by atoms with van der Waals surface area (Å²) in [6, 6.07) is 18.2. The zero-order valence-electron chi connectivity index (χ0n) is 16.2. The third kappa shape index (κ3) is 2.86. The molecule has 140 valence electrons. The van der Waals surface area contributed by atoms with Crippen LogP contribution in [0, 0.1) is 6.92 Å². The molecule has 28 heavy (non-hydrogen) atoms. The summed E-state index contributed by atoms with van der Waals surface area (Å²) < 4.78 is 1.71. The normalized spacial score (nSPS) is 14.4. The molecule has 5 rings (SSSR count). The Morgan fingerprint density at radius 3 is 2.57 bits per heavy atom. The fourth-order valence-corrected chi connectivity index (χ4v) is 4.14. The van der Waals surface area contributed by atoms with Crippen LogP contribution >= 0.6 is 0 Å². The van der Waals surface area contributed by atoms with Gasteiger partial charge in [0.1, 0.15) is 0 Å². The molecular formula is C24H23N3O. The predicted molar refractivity (Wildman–Crippen MR) is 114 cm³/mol. The molecule has 0 saturated carbocycles. The zero-order chi connectivity index (χ0) is 19.3. The van der Waals surface area contributed by atoms with E-state index in [1.165, 1.54) is 22.2 Å². The highest BCUT2D eigenvalue weighted by Crippen LogP contribution is 2.28. The second-order valence-corrected chi connectivity index (χ2v) is 7.79. The standard InChI is InChI=1S/C24H23N3O/c1-16-3-5-17(6-4-16)18-9-12-27(24(28)13-18)19-7-8-20-21-10-11-26(2)15-23(21)25-22(20)14-19/h3-9,12-14,25H,10-11,15H2,1-2H3. The lowest BCUT2D eigenvalue weighted by atomic mass is 10.0. The van der Waals surface area contributed by atoms with Crippen LogP contribution in [0.3, 0.4) is 0 Å². The maximum atomic E-state index is 12.8. The van der Waals surface area contributed by atoms with Gasteiger partial charge in [0.25, 0.3) is 5.56 Å². The monoisotopic (exact) mass is 369 g/mol. The maximum Gasteiger partial charge on any atom is 0.255 e. The number of nitrogens with one attached hydrogen (secondary N) is 1. The molecule has 0 radical (unpaired) electrons. The second-order valence-electron chi connectivity index (χ2n) is 7.79.